The molecule has 172 valence electrons. The summed E-state index contributed by atoms with van der Waals surface area (Å²) in [5.74, 6) is 0.760. The Kier molecular flexibility index (Phi) is 6.08. The normalized spacial score (nSPS) is 13.5. The lowest BCUT2D eigenvalue weighted by Gasteiger charge is -2.28. The van der Waals surface area contributed by atoms with Crippen molar-refractivity contribution in [3.05, 3.63) is 66.2 Å². The van der Waals surface area contributed by atoms with E-state index in [2.05, 4.69) is 14.7 Å². The Balaban J connectivity index is 1.64. The Bertz CT molecular complexity index is 1150. The van der Waals surface area contributed by atoms with Gasteiger partial charge in [-0.1, -0.05) is 6.07 Å². The number of rotatable bonds is 6. The molecular formula is C23H20F3N3O4. The highest BCUT2D eigenvalue weighted by molar-refractivity contribution is 5.77. The van der Waals surface area contributed by atoms with Crippen molar-refractivity contribution < 1.29 is 32.2 Å². The molecule has 0 atom stereocenters. The largest absolute Gasteiger partial charge is 0.573 e. The molecule has 4 rings (SSSR count). The van der Waals surface area contributed by atoms with E-state index in [-0.39, 0.29) is 30.7 Å². The van der Waals surface area contributed by atoms with Crippen LogP contribution in [0.5, 0.6) is 17.2 Å². The lowest BCUT2D eigenvalue weighted by molar-refractivity contribution is -0.274. The van der Waals surface area contributed by atoms with Crippen molar-refractivity contribution in [1.82, 2.24) is 14.9 Å². The van der Waals surface area contributed by atoms with Gasteiger partial charge in [-0.3, -0.25) is 4.90 Å². The molecule has 3 aromatic rings. The van der Waals surface area contributed by atoms with Crippen LogP contribution in [0.4, 0.5) is 18.0 Å². The van der Waals surface area contributed by atoms with E-state index in [1.165, 1.54) is 23.1 Å². The molecule has 1 amide bonds. The van der Waals surface area contributed by atoms with Crippen molar-refractivity contribution in [2.24, 2.45) is 0 Å². The molecule has 0 radical (unpaired) electrons. The number of carbonyl (C=O) groups is 1. The molecule has 2 aromatic carbocycles. The average molecular weight is 459 g/mol. The Morgan fingerprint density at radius 2 is 1.88 bits per heavy atom. The standard InChI is InChI=1S/C23H20F3N3O4/c1-14(2)31-20-11-17(33-23(24,25)26)5-6-18(20)15-4-7-19-16(10-15)12-29(22(30)32-19)13-21-27-8-3-9-28-21/h3-11,14H,12-13H2,1-2H3. The maximum atomic E-state index is 12.7. The van der Waals surface area contributed by atoms with E-state index in [1.54, 1.807) is 44.4 Å². The van der Waals surface area contributed by atoms with Crippen LogP contribution in [0.3, 0.4) is 0 Å². The van der Waals surface area contributed by atoms with E-state index in [4.69, 9.17) is 9.47 Å². The molecular weight excluding hydrogens is 439 g/mol. The smallest absolute Gasteiger partial charge is 0.490 e. The highest BCUT2D eigenvalue weighted by Gasteiger charge is 2.32. The fourth-order valence-corrected chi connectivity index (χ4v) is 3.39. The van der Waals surface area contributed by atoms with Gasteiger partial charge in [-0.05, 0) is 49.7 Å². The number of hydrogen-bond acceptors (Lipinski definition) is 6. The lowest BCUT2D eigenvalue weighted by atomic mass is 10.0. The van der Waals surface area contributed by atoms with Crippen LogP contribution >= 0.6 is 0 Å². The van der Waals surface area contributed by atoms with Gasteiger partial charge in [0.1, 0.15) is 23.1 Å². The Labute approximate surface area is 187 Å². The third kappa shape index (κ3) is 5.51. The molecule has 7 nitrogen and oxygen atoms in total. The van der Waals surface area contributed by atoms with Gasteiger partial charge in [0.2, 0.25) is 0 Å². The summed E-state index contributed by atoms with van der Waals surface area (Å²) in [6, 6.07) is 10.8. The third-order valence-corrected chi connectivity index (χ3v) is 4.69. The Hall–Kier alpha value is -3.82. The number of alkyl halides is 3. The van der Waals surface area contributed by atoms with Gasteiger partial charge in [-0.25, -0.2) is 14.8 Å². The predicted octanol–water partition coefficient (Wildman–Crippen LogP) is 5.34. The molecule has 1 aliphatic heterocycles. The number of amides is 1. The number of benzene rings is 2. The molecule has 10 heteroatoms. The predicted molar refractivity (Wildman–Crippen MR) is 112 cm³/mol. The number of ether oxygens (including phenoxy) is 3. The van der Waals surface area contributed by atoms with Crippen LogP contribution in [0.1, 0.15) is 25.2 Å². The summed E-state index contributed by atoms with van der Waals surface area (Å²) in [5.41, 5.74) is 2.00. The van der Waals surface area contributed by atoms with Crippen LogP contribution in [0.15, 0.2) is 54.9 Å². The summed E-state index contributed by atoms with van der Waals surface area (Å²) in [5, 5.41) is 0. The van der Waals surface area contributed by atoms with Crippen LogP contribution in [-0.4, -0.2) is 33.4 Å². The second-order valence-corrected chi connectivity index (χ2v) is 7.58. The Morgan fingerprint density at radius 1 is 1.12 bits per heavy atom. The number of halogens is 3. The van der Waals surface area contributed by atoms with Gasteiger partial charge in [0.05, 0.1) is 19.2 Å². The average Bonchev–Trinajstić information content (AvgIpc) is 2.73. The summed E-state index contributed by atoms with van der Waals surface area (Å²) in [4.78, 5) is 22.1. The zero-order chi connectivity index (χ0) is 23.6. The van der Waals surface area contributed by atoms with E-state index in [1.807, 2.05) is 6.07 Å². The van der Waals surface area contributed by atoms with Crippen LogP contribution in [0, 0.1) is 0 Å². The van der Waals surface area contributed by atoms with Gasteiger partial charge < -0.3 is 14.2 Å². The number of carbonyl (C=O) groups excluding carboxylic acids is 1. The highest BCUT2D eigenvalue weighted by Crippen LogP contribution is 2.38. The zero-order valence-corrected chi connectivity index (χ0v) is 17.8. The molecule has 2 heterocycles. The molecule has 0 aliphatic carbocycles. The van der Waals surface area contributed by atoms with Crippen molar-refractivity contribution in [3.63, 3.8) is 0 Å². The first-order valence-electron chi connectivity index (χ1n) is 10.1. The number of fused-ring (bicyclic) bond motifs is 1. The lowest BCUT2D eigenvalue weighted by Crippen LogP contribution is -2.36. The van der Waals surface area contributed by atoms with E-state index >= 15 is 0 Å². The summed E-state index contributed by atoms with van der Waals surface area (Å²) in [6.45, 7) is 3.98. The maximum absolute atomic E-state index is 12.7. The van der Waals surface area contributed by atoms with E-state index in [9.17, 15) is 18.0 Å². The minimum Gasteiger partial charge on any atom is -0.490 e. The maximum Gasteiger partial charge on any atom is 0.573 e. The highest BCUT2D eigenvalue weighted by atomic mass is 19.4. The van der Waals surface area contributed by atoms with Crippen molar-refractivity contribution in [2.45, 2.75) is 39.4 Å². The second-order valence-electron chi connectivity index (χ2n) is 7.58. The molecule has 33 heavy (non-hydrogen) atoms. The molecule has 0 unspecified atom stereocenters. The van der Waals surface area contributed by atoms with Crippen LogP contribution in [-0.2, 0) is 13.1 Å². The topological polar surface area (TPSA) is 73.8 Å². The van der Waals surface area contributed by atoms with Crippen LogP contribution in [0.2, 0.25) is 0 Å². The summed E-state index contributed by atoms with van der Waals surface area (Å²) in [6.07, 6.45) is -2.42. The van der Waals surface area contributed by atoms with Gasteiger partial charge in [-0.2, -0.15) is 0 Å². The van der Waals surface area contributed by atoms with Crippen molar-refractivity contribution in [1.29, 1.82) is 0 Å². The van der Waals surface area contributed by atoms with Gasteiger partial charge in [0.25, 0.3) is 0 Å². The summed E-state index contributed by atoms with van der Waals surface area (Å²) in [7, 11) is 0. The van der Waals surface area contributed by atoms with Crippen molar-refractivity contribution in [2.75, 3.05) is 0 Å². The van der Waals surface area contributed by atoms with Gasteiger partial charge >= 0.3 is 12.5 Å². The SMILES string of the molecule is CC(C)Oc1cc(OC(F)(F)F)ccc1-c1ccc2c(c1)CN(Cc1ncccn1)C(=O)O2. The van der Waals surface area contributed by atoms with Gasteiger partial charge in [-0.15, -0.1) is 13.2 Å². The van der Waals surface area contributed by atoms with Crippen molar-refractivity contribution in [3.8, 4) is 28.4 Å². The fourth-order valence-electron chi connectivity index (χ4n) is 3.39. The van der Waals surface area contributed by atoms with Crippen LogP contribution in [0.25, 0.3) is 11.1 Å². The first-order chi connectivity index (χ1) is 15.7. The summed E-state index contributed by atoms with van der Waals surface area (Å²) >= 11 is 0. The van der Waals surface area contributed by atoms with Crippen LogP contribution < -0.4 is 14.2 Å². The zero-order valence-electron chi connectivity index (χ0n) is 17.8. The minimum absolute atomic E-state index is 0.175. The van der Waals surface area contributed by atoms with Gasteiger partial charge in [0, 0.05) is 29.6 Å². The molecule has 0 fully saturated rings. The quantitative estimate of drug-likeness (QED) is 0.495. The number of hydrogen-bond donors (Lipinski definition) is 0. The van der Waals surface area contributed by atoms with Crippen molar-refractivity contribution >= 4 is 6.09 Å². The first kappa shape index (κ1) is 22.4. The molecule has 0 spiro atoms. The van der Waals surface area contributed by atoms with E-state index in [0.29, 0.717) is 22.7 Å². The van der Waals surface area contributed by atoms with E-state index in [0.717, 1.165) is 5.56 Å². The van der Waals surface area contributed by atoms with E-state index < -0.39 is 12.5 Å². The first-order valence-corrected chi connectivity index (χ1v) is 10.1. The molecule has 1 aromatic heterocycles. The van der Waals surface area contributed by atoms with Gasteiger partial charge in [0.15, 0.2) is 0 Å². The number of aromatic nitrogens is 2. The Morgan fingerprint density at radius 3 is 2.58 bits per heavy atom. The minimum atomic E-state index is -4.81. The molecule has 0 bridgehead atoms. The molecule has 0 saturated heterocycles. The monoisotopic (exact) mass is 459 g/mol. The summed E-state index contributed by atoms with van der Waals surface area (Å²) < 4.78 is 53.2. The number of nitrogens with zero attached hydrogens (tertiary/aromatic N) is 3. The fraction of sp³-hybridized carbons (Fsp3) is 0.261. The second kappa shape index (κ2) is 8.97. The molecule has 0 N–H and O–H groups in total. The molecule has 0 saturated carbocycles. The molecule has 1 aliphatic rings. The third-order valence-electron chi connectivity index (χ3n) is 4.69.